The van der Waals surface area contributed by atoms with Crippen molar-refractivity contribution in [2.24, 2.45) is 0 Å². The molecule has 0 saturated heterocycles. The summed E-state index contributed by atoms with van der Waals surface area (Å²) in [5.41, 5.74) is 0.986. The minimum Gasteiger partial charge on any atom is -0.0843 e. The van der Waals surface area contributed by atoms with Crippen molar-refractivity contribution in [3.05, 3.63) is 38.8 Å². The normalized spacial score (nSPS) is 10.8. The zero-order valence-corrected chi connectivity index (χ0v) is 8.62. The average molecular weight is 252 g/mol. The minimum absolute atomic E-state index is 0.651. The van der Waals surface area contributed by atoms with E-state index in [0.29, 0.717) is 10.0 Å². The summed E-state index contributed by atoms with van der Waals surface area (Å²) in [6.45, 7) is 0. The molecule has 1 rings (SSSR count). The van der Waals surface area contributed by atoms with Crippen LogP contribution in [0.15, 0.2) is 23.2 Å². The van der Waals surface area contributed by atoms with Crippen LogP contribution in [0.1, 0.15) is 5.56 Å². The molecule has 1 aromatic rings. The molecule has 58 valence electrons. The smallest absolute Gasteiger partial charge is 0.0426 e. The molecule has 0 N–H and O–H groups in total. The van der Waals surface area contributed by atoms with Crippen LogP contribution in [0.5, 0.6) is 0 Å². The second kappa shape index (κ2) is 4.15. The first-order valence-corrected chi connectivity index (χ1v) is 4.62. The lowest BCUT2D eigenvalue weighted by Gasteiger charge is -1.95. The lowest BCUT2D eigenvalue weighted by molar-refractivity contribution is 1.66. The molecule has 3 heteroatoms. The molecule has 0 aromatic heterocycles. The molecule has 0 saturated carbocycles. The highest BCUT2D eigenvalue weighted by Crippen LogP contribution is 2.19. The summed E-state index contributed by atoms with van der Waals surface area (Å²) >= 11 is 14.7. The van der Waals surface area contributed by atoms with Crippen LogP contribution in [-0.2, 0) is 0 Å². The van der Waals surface area contributed by atoms with Crippen molar-refractivity contribution < 1.29 is 0 Å². The third-order valence-corrected chi connectivity index (χ3v) is 1.84. The molecule has 0 aliphatic carbocycles. The first kappa shape index (κ1) is 9.11. The van der Waals surface area contributed by atoms with Crippen LogP contribution in [0.2, 0.25) is 10.0 Å². The Balaban J connectivity index is 3.08. The number of hydrogen-bond acceptors (Lipinski definition) is 0. The molecule has 11 heavy (non-hydrogen) atoms. The summed E-state index contributed by atoms with van der Waals surface area (Å²) in [5.74, 6) is 0. The zero-order valence-electron chi connectivity index (χ0n) is 5.52. The third kappa shape index (κ3) is 2.86. The zero-order chi connectivity index (χ0) is 8.27. The second-order valence-corrected chi connectivity index (χ2v) is 3.40. The number of halogens is 3. The van der Waals surface area contributed by atoms with Gasteiger partial charge in [-0.2, -0.15) is 0 Å². The van der Waals surface area contributed by atoms with Crippen molar-refractivity contribution in [3.63, 3.8) is 0 Å². The molecule has 1 aromatic carbocycles. The van der Waals surface area contributed by atoms with Crippen LogP contribution in [0.4, 0.5) is 0 Å². The molecule has 0 unspecified atom stereocenters. The molecule has 0 radical (unpaired) electrons. The van der Waals surface area contributed by atoms with E-state index in [2.05, 4.69) is 15.9 Å². The van der Waals surface area contributed by atoms with Gasteiger partial charge in [0.2, 0.25) is 0 Å². The topological polar surface area (TPSA) is 0 Å². The second-order valence-electron chi connectivity index (χ2n) is 2.00. The number of rotatable bonds is 1. The van der Waals surface area contributed by atoms with Gasteiger partial charge in [0, 0.05) is 10.0 Å². The van der Waals surface area contributed by atoms with E-state index in [0.717, 1.165) is 5.56 Å². The van der Waals surface area contributed by atoms with Crippen molar-refractivity contribution in [3.8, 4) is 0 Å². The maximum Gasteiger partial charge on any atom is 0.0426 e. The third-order valence-electron chi connectivity index (χ3n) is 1.14. The van der Waals surface area contributed by atoms with Gasteiger partial charge in [-0.25, -0.2) is 0 Å². The molecule has 0 fully saturated rings. The molecule has 0 nitrogen and oxygen atoms in total. The fraction of sp³-hybridized carbons (Fsp3) is 0. The average Bonchev–Trinajstić information content (AvgIpc) is 1.85. The Morgan fingerprint density at radius 3 is 2.09 bits per heavy atom. The Bertz CT molecular complexity index is 261. The van der Waals surface area contributed by atoms with Crippen LogP contribution < -0.4 is 0 Å². The van der Waals surface area contributed by atoms with Gasteiger partial charge in [0.1, 0.15) is 0 Å². The van der Waals surface area contributed by atoms with Gasteiger partial charge >= 0.3 is 0 Å². The summed E-state index contributed by atoms with van der Waals surface area (Å²) in [6, 6.07) is 5.38. The Morgan fingerprint density at radius 2 is 1.64 bits per heavy atom. The van der Waals surface area contributed by atoms with E-state index >= 15 is 0 Å². The Kier molecular flexibility index (Phi) is 3.44. The van der Waals surface area contributed by atoms with Crippen LogP contribution in [0.25, 0.3) is 6.08 Å². The largest absolute Gasteiger partial charge is 0.0843 e. The van der Waals surface area contributed by atoms with Crippen molar-refractivity contribution in [1.29, 1.82) is 0 Å². The fourth-order valence-corrected chi connectivity index (χ4v) is 1.59. The summed E-state index contributed by atoms with van der Waals surface area (Å²) < 4.78 is 0. The van der Waals surface area contributed by atoms with Gasteiger partial charge in [0.15, 0.2) is 0 Å². The highest BCUT2D eigenvalue weighted by atomic mass is 79.9. The van der Waals surface area contributed by atoms with Gasteiger partial charge in [-0.1, -0.05) is 39.1 Å². The van der Waals surface area contributed by atoms with E-state index in [1.54, 1.807) is 11.1 Å². The molecular weight excluding hydrogens is 247 g/mol. The molecule has 0 heterocycles. The lowest BCUT2D eigenvalue weighted by Crippen LogP contribution is -1.71. The quantitative estimate of drug-likeness (QED) is 0.696. The highest BCUT2D eigenvalue weighted by molar-refractivity contribution is 9.11. The summed E-state index contributed by atoms with van der Waals surface area (Å²) in [4.78, 5) is 1.76. The van der Waals surface area contributed by atoms with E-state index in [4.69, 9.17) is 23.2 Å². The van der Waals surface area contributed by atoms with Gasteiger partial charge in [-0.05, 0) is 34.8 Å². The van der Waals surface area contributed by atoms with Crippen LogP contribution in [0.3, 0.4) is 0 Å². The molecule has 0 spiro atoms. The van der Waals surface area contributed by atoms with Crippen molar-refractivity contribution in [2.75, 3.05) is 0 Å². The van der Waals surface area contributed by atoms with Gasteiger partial charge in [-0.15, -0.1) is 0 Å². The summed E-state index contributed by atoms with van der Waals surface area (Å²) in [5, 5.41) is 1.30. The fourth-order valence-electron chi connectivity index (χ4n) is 0.744. The monoisotopic (exact) mass is 250 g/mol. The van der Waals surface area contributed by atoms with Crippen molar-refractivity contribution in [2.45, 2.75) is 0 Å². The van der Waals surface area contributed by atoms with Crippen molar-refractivity contribution >= 4 is 45.2 Å². The molecule has 0 atom stereocenters. The molecule has 0 aliphatic heterocycles. The maximum atomic E-state index is 5.75. The Hall–Kier alpha value is 0.0200. The summed E-state index contributed by atoms with van der Waals surface area (Å²) in [6.07, 6.45) is 1.87. The van der Waals surface area contributed by atoms with E-state index in [1.807, 2.05) is 18.2 Å². The minimum atomic E-state index is 0.651. The first-order valence-electron chi connectivity index (χ1n) is 2.95. The predicted molar refractivity (Wildman–Crippen MR) is 54.4 cm³/mol. The number of hydrogen-bond donors (Lipinski definition) is 0. The van der Waals surface area contributed by atoms with E-state index in [9.17, 15) is 0 Å². The number of benzene rings is 1. The molecule has 0 bridgehead atoms. The van der Waals surface area contributed by atoms with E-state index < -0.39 is 0 Å². The highest BCUT2D eigenvalue weighted by Gasteiger charge is 1.93. The molecule has 0 amide bonds. The van der Waals surface area contributed by atoms with Gasteiger partial charge in [0.05, 0.1) is 0 Å². The standard InChI is InChI=1S/C8H5BrCl2/c9-2-1-6-3-7(10)5-8(11)4-6/h1-5H. The Morgan fingerprint density at radius 1 is 1.09 bits per heavy atom. The Labute approximate surface area is 83.9 Å². The van der Waals surface area contributed by atoms with Gasteiger partial charge in [0.25, 0.3) is 0 Å². The van der Waals surface area contributed by atoms with Crippen LogP contribution in [-0.4, -0.2) is 0 Å². The molecular formula is C8H5BrCl2. The van der Waals surface area contributed by atoms with E-state index in [-0.39, 0.29) is 0 Å². The van der Waals surface area contributed by atoms with E-state index in [1.165, 1.54) is 0 Å². The van der Waals surface area contributed by atoms with Gasteiger partial charge < -0.3 is 0 Å². The van der Waals surface area contributed by atoms with Gasteiger partial charge in [-0.3, -0.25) is 0 Å². The first-order chi connectivity index (χ1) is 5.22. The summed E-state index contributed by atoms with van der Waals surface area (Å²) in [7, 11) is 0. The maximum absolute atomic E-state index is 5.75. The predicted octanol–water partition coefficient (Wildman–Crippen LogP) is 4.36. The van der Waals surface area contributed by atoms with Crippen LogP contribution in [0, 0.1) is 0 Å². The molecule has 0 aliphatic rings. The van der Waals surface area contributed by atoms with Crippen molar-refractivity contribution in [1.82, 2.24) is 0 Å². The van der Waals surface area contributed by atoms with Crippen LogP contribution >= 0.6 is 39.1 Å². The SMILES string of the molecule is Clc1cc(Cl)cc(C=CBr)c1. The lowest BCUT2D eigenvalue weighted by atomic mass is 10.2.